The zero-order valence-electron chi connectivity index (χ0n) is 9.71. The quantitative estimate of drug-likeness (QED) is 0.870. The molecule has 0 aromatic carbocycles. The molecule has 0 amide bonds. The standard InChI is InChI=1S/C11H16Cl2N4/c1-17-4-2-7(3-5-17)15-11-9(13)6-8(12)10(14)16-11/h6-7H,2-5H2,1H3,(H3,14,15,16). The molecular weight excluding hydrogens is 259 g/mol. The molecule has 1 aliphatic heterocycles. The van der Waals surface area contributed by atoms with Gasteiger partial charge in [-0.2, -0.15) is 0 Å². The lowest BCUT2D eigenvalue weighted by Crippen LogP contribution is -2.37. The van der Waals surface area contributed by atoms with Gasteiger partial charge >= 0.3 is 0 Å². The summed E-state index contributed by atoms with van der Waals surface area (Å²) >= 11 is 11.9. The summed E-state index contributed by atoms with van der Waals surface area (Å²) in [5.74, 6) is 0.939. The zero-order valence-corrected chi connectivity index (χ0v) is 11.2. The molecule has 1 aromatic rings. The van der Waals surface area contributed by atoms with Gasteiger partial charge in [0.05, 0.1) is 10.0 Å². The third-order valence-corrected chi connectivity index (χ3v) is 3.61. The van der Waals surface area contributed by atoms with Gasteiger partial charge in [-0.25, -0.2) is 4.98 Å². The van der Waals surface area contributed by atoms with Crippen LogP contribution in [0.2, 0.25) is 10.0 Å². The Kier molecular flexibility index (Phi) is 3.97. The minimum atomic E-state index is 0.312. The van der Waals surface area contributed by atoms with Crippen molar-refractivity contribution in [2.24, 2.45) is 0 Å². The molecule has 1 saturated heterocycles. The number of halogens is 2. The Morgan fingerprint density at radius 2 is 2.00 bits per heavy atom. The SMILES string of the molecule is CN1CCC(Nc2nc(N)c(Cl)cc2Cl)CC1. The molecule has 1 aliphatic rings. The van der Waals surface area contributed by atoms with Gasteiger partial charge in [0.1, 0.15) is 11.6 Å². The predicted octanol–water partition coefficient (Wildman–Crippen LogP) is 2.48. The van der Waals surface area contributed by atoms with Crippen molar-refractivity contribution in [1.82, 2.24) is 9.88 Å². The van der Waals surface area contributed by atoms with Crippen LogP contribution in [0.25, 0.3) is 0 Å². The molecule has 1 fully saturated rings. The molecule has 4 nitrogen and oxygen atoms in total. The molecule has 17 heavy (non-hydrogen) atoms. The molecule has 2 rings (SSSR count). The molecule has 3 N–H and O–H groups in total. The molecular formula is C11H16Cl2N4. The van der Waals surface area contributed by atoms with Gasteiger partial charge in [-0.1, -0.05) is 23.2 Å². The highest BCUT2D eigenvalue weighted by atomic mass is 35.5. The normalized spacial score (nSPS) is 18.3. The Hall–Kier alpha value is -0.710. The molecule has 2 heterocycles. The van der Waals surface area contributed by atoms with Gasteiger partial charge < -0.3 is 16.0 Å². The highest BCUT2D eigenvalue weighted by molar-refractivity contribution is 6.37. The Labute approximate surface area is 111 Å². The fourth-order valence-electron chi connectivity index (χ4n) is 1.93. The zero-order chi connectivity index (χ0) is 12.4. The lowest BCUT2D eigenvalue weighted by Gasteiger charge is -2.30. The van der Waals surface area contributed by atoms with Gasteiger partial charge in [-0.05, 0) is 39.0 Å². The Bertz CT molecular complexity index is 403. The van der Waals surface area contributed by atoms with Gasteiger partial charge in [0, 0.05) is 6.04 Å². The first-order valence-corrected chi connectivity index (χ1v) is 6.38. The van der Waals surface area contributed by atoms with Crippen molar-refractivity contribution in [3.8, 4) is 0 Å². The summed E-state index contributed by atoms with van der Waals surface area (Å²) < 4.78 is 0. The van der Waals surface area contributed by atoms with Crippen molar-refractivity contribution < 1.29 is 0 Å². The second-order valence-electron chi connectivity index (χ2n) is 4.41. The molecule has 0 unspecified atom stereocenters. The lowest BCUT2D eigenvalue weighted by atomic mass is 10.1. The first kappa shape index (κ1) is 12.7. The average molecular weight is 275 g/mol. The topological polar surface area (TPSA) is 54.2 Å². The first-order chi connectivity index (χ1) is 8.06. The summed E-state index contributed by atoms with van der Waals surface area (Å²) in [5, 5.41) is 4.24. The molecule has 0 radical (unpaired) electrons. The number of rotatable bonds is 2. The summed E-state index contributed by atoms with van der Waals surface area (Å²) in [6, 6.07) is 2.03. The minimum Gasteiger partial charge on any atom is -0.382 e. The van der Waals surface area contributed by atoms with E-state index in [9.17, 15) is 0 Å². The van der Waals surface area contributed by atoms with Crippen LogP contribution in [0, 0.1) is 0 Å². The van der Waals surface area contributed by atoms with Gasteiger partial charge in [0.25, 0.3) is 0 Å². The Morgan fingerprint density at radius 1 is 1.35 bits per heavy atom. The van der Waals surface area contributed by atoms with Crippen LogP contribution in [0.5, 0.6) is 0 Å². The number of anilines is 2. The Morgan fingerprint density at radius 3 is 2.65 bits per heavy atom. The number of nitrogens with one attached hydrogen (secondary N) is 1. The van der Waals surface area contributed by atoms with E-state index in [4.69, 9.17) is 28.9 Å². The van der Waals surface area contributed by atoms with Crippen LogP contribution >= 0.6 is 23.2 Å². The van der Waals surface area contributed by atoms with E-state index in [0.717, 1.165) is 25.9 Å². The highest BCUT2D eigenvalue weighted by Gasteiger charge is 2.18. The van der Waals surface area contributed by atoms with E-state index in [1.165, 1.54) is 0 Å². The van der Waals surface area contributed by atoms with E-state index in [2.05, 4.69) is 22.2 Å². The summed E-state index contributed by atoms with van der Waals surface area (Å²) in [5.41, 5.74) is 5.67. The van der Waals surface area contributed by atoms with Crippen molar-refractivity contribution >= 4 is 34.8 Å². The fraction of sp³-hybridized carbons (Fsp3) is 0.545. The third kappa shape index (κ3) is 3.15. The number of likely N-dealkylation sites (tertiary alicyclic amines) is 1. The number of piperidine rings is 1. The molecule has 0 spiro atoms. The van der Waals surface area contributed by atoms with E-state index in [1.54, 1.807) is 6.07 Å². The van der Waals surface area contributed by atoms with Crippen LogP contribution in [0.3, 0.4) is 0 Å². The van der Waals surface area contributed by atoms with Crippen LogP contribution in [-0.4, -0.2) is 36.1 Å². The van der Waals surface area contributed by atoms with Crippen LogP contribution in [0.4, 0.5) is 11.6 Å². The van der Waals surface area contributed by atoms with Gasteiger partial charge in [0.15, 0.2) is 0 Å². The minimum absolute atomic E-state index is 0.312. The molecule has 0 aliphatic carbocycles. The number of nitrogens with two attached hydrogens (primary N) is 1. The summed E-state index contributed by atoms with van der Waals surface area (Å²) in [4.78, 5) is 6.48. The third-order valence-electron chi connectivity index (χ3n) is 3.02. The number of hydrogen-bond acceptors (Lipinski definition) is 4. The largest absolute Gasteiger partial charge is 0.382 e. The van der Waals surface area contributed by atoms with Crippen molar-refractivity contribution in [3.05, 3.63) is 16.1 Å². The molecule has 1 aromatic heterocycles. The molecule has 0 saturated carbocycles. The maximum absolute atomic E-state index is 6.07. The first-order valence-electron chi connectivity index (χ1n) is 5.63. The molecule has 94 valence electrons. The summed E-state index contributed by atoms with van der Waals surface area (Å²) in [7, 11) is 2.13. The van der Waals surface area contributed by atoms with Crippen molar-refractivity contribution in [2.75, 3.05) is 31.2 Å². The van der Waals surface area contributed by atoms with Gasteiger partial charge in [-0.3, -0.25) is 0 Å². The second-order valence-corrected chi connectivity index (χ2v) is 5.22. The molecule has 6 heteroatoms. The van der Waals surface area contributed by atoms with Crippen LogP contribution in [0.15, 0.2) is 6.07 Å². The second kappa shape index (κ2) is 5.29. The van der Waals surface area contributed by atoms with Crippen LogP contribution < -0.4 is 11.1 Å². The number of pyridine rings is 1. The van der Waals surface area contributed by atoms with Crippen molar-refractivity contribution in [1.29, 1.82) is 0 Å². The monoisotopic (exact) mass is 274 g/mol. The Balaban J connectivity index is 2.06. The van der Waals surface area contributed by atoms with E-state index >= 15 is 0 Å². The number of hydrogen-bond donors (Lipinski definition) is 2. The maximum Gasteiger partial charge on any atom is 0.147 e. The maximum atomic E-state index is 6.07. The van der Waals surface area contributed by atoms with Gasteiger partial charge in [-0.15, -0.1) is 0 Å². The summed E-state index contributed by atoms with van der Waals surface area (Å²) in [6.45, 7) is 2.16. The number of aromatic nitrogens is 1. The summed E-state index contributed by atoms with van der Waals surface area (Å²) in [6.07, 6.45) is 2.16. The highest BCUT2D eigenvalue weighted by Crippen LogP contribution is 2.28. The average Bonchev–Trinajstić information content (AvgIpc) is 2.29. The van der Waals surface area contributed by atoms with E-state index in [1.807, 2.05) is 0 Å². The van der Waals surface area contributed by atoms with Gasteiger partial charge in [0.2, 0.25) is 0 Å². The van der Waals surface area contributed by atoms with Crippen molar-refractivity contribution in [3.63, 3.8) is 0 Å². The van der Waals surface area contributed by atoms with Crippen LogP contribution in [0.1, 0.15) is 12.8 Å². The number of nitrogen functional groups attached to an aromatic ring is 1. The van der Waals surface area contributed by atoms with Crippen LogP contribution in [-0.2, 0) is 0 Å². The van der Waals surface area contributed by atoms with E-state index in [-0.39, 0.29) is 0 Å². The lowest BCUT2D eigenvalue weighted by molar-refractivity contribution is 0.263. The molecule has 0 atom stereocenters. The van der Waals surface area contributed by atoms with E-state index in [0.29, 0.717) is 27.7 Å². The number of nitrogens with zero attached hydrogens (tertiary/aromatic N) is 2. The predicted molar refractivity (Wildman–Crippen MR) is 72.8 cm³/mol. The van der Waals surface area contributed by atoms with E-state index < -0.39 is 0 Å². The van der Waals surface area contributed by atoms with Crippen molar-refractivity contribution in [2.45, 2.75) is 18.9 Å². The fourth-order valence-corrected chi connectivity index (χ4v) is 2.34. The molecule has 0 bridgehead atoms. The smallest absolute Gasteiger partial charge is 0.147 e.